The number of piperazine rings is 1. The van der Waals surface area contributed by atoms with E-state index in [2.05, 4.69) is 21.2 Å². The minimum Gasteiger partial charge on any atom is -0.497 e. The van der Waals surface area contributed by atoms with Crippen LogP contribution in [-0.4, -0.2) is 66.6 Å². The number of anilines is 1. The van der Waals surface area contributed by atoms with Gasteiger partial charge in [0, 0.05) is 62.5 Å². The van der Waals surface area contributed by atoms with Crippen LogP contribution in [0.4, 0.5) is 5.69 Å². The smallest absolute Gasteiger partial charge is 0.308 e. The molecule has 0 unspecified atom stereocenters. The van der Waals surface area contributed by atoms with E-state index in [-0.39, 0.29) is 12.3 Å². The number of carboxylic acids is 1. The van der Waals surface area contributed by atoms with E-state index in [0.717, 1.165) is 37.7 Å². The van der Waals surface area contributed by atoms with Crippen molar-refractivity contribution in [1.82, 2.24) is 9.80 Å². The van der Waals surface area contributed by atoms with E-state index in [0.29, 0.717) is 18.0 Å². The van der Waals surface area contributed by atoms with E-state index >= 15 is 0 Å². The monoisotopic (exact) mass is 445 g/mol. The largest absolute Gasteiger partial charge is 0.497 e. The maximum atomic E-state index is 12.4. The van der Waals surface area contributed by atoms with Gasteiger partial charge in [-0.05, 0) is 29.8 Å². The maximum Gasteiger partial charge on any atom is 0.308 e. The number of hydrogen-bond donors (Lipinski definition) is 2. The average Bonchev–Trinajstić information content (AvgIpc) is 2.74. The summed E-state index contributed by atoms with van der Waals surface area (Å²) in [5, 5.41) is 13.1. The fourth-order valence-corrected chi connectivity index (χ4v) is 3.91. The number of amides is 1. The quantitative estimate of drug-likeness (QED) is 0.616. The van der Waals surface area contributed by atoms with E-state index < -0.39 is 11.9 Å². The number of nitrogens with zero attached hydrogens (tertiary/aromatic N) is 2. The van der Waals surface area contributed by atoms with Gasteiger partial charge in [-0.25, -0.2) is 0 Å². The fraction of sp³-hybridized carbons (Fsp3) is 0.391. The predicted molar refractivity (Wildman–Crippen MR) is 121 cm³/mol. The van der Waals surface area contributed by atoms with E-state index in [1.807, 2.05) is 18.2 Å². The minimum absolute atomic E-state index is 0.0741. The number of methoxy groups -OCH3 is 1. The van der Waals surface area contributed by atoms with Gasteiger partial charge in [0.05, 0.1) is 13.0 Å². The molecule has 2 aromatic rings. The molecule has 31 heavy (non-hydrogen) atoms. The highest BCUT2D eigenvalue weighted by Gasteiger charge is 2.26. The third-order valence-electron chi connectivity index (χ3n) is 5.37. The lowest BCUT2D eigenvalue weighted by Gasteiger charge is -2.35. The molecular formula is C23H28ClN3O4. The molecule has 0 aromatic heterocycles. The summed E-state index contributed by atoms with van der Waals surface area (Å²) in [5.74, 6) is -1.41. The third-order valence-corrected chi connectivity index (χ3v) is 5.61. The topological polar surface area (TPSA) is 82.1 Å². The second-order valence-corrected chi connectivity index (χ2v) is 8.16. The second kappa shape index (κ2) is 11.1. The predicted octanol–water partition coefficient (Wildman–Crippen LogP) is 3.20. The molecule has 1 saturated heterocycles. The molecule has 1 aliphatic heterocycles. The molecule has 0 aliphatic carbocycles. The molecular weight excluding hydrogens is 418 g/mol. The molecule has 1 atom stereocenters. The van der Waals surface area contributed by atoms with Crippen molar-refractivity contribution in [3.63, 3.8) is 0 Å². The van der Waals surface area contributed by atoms with Gasteiger partial charge in [0.2, 0.25) is 5.91 Å². The first-order valence-corrected chi connectivity index (χ1v) is 10.7. The Morgan fingerprint density at radius 2 is 1.81 bits per heavy atom. The van der Waals surface area contributed by atoms with E-state index in [1.54, 1.807) is 31.4 Å². The first-order chi connectivity index (χ1) is 14.9. The van der Waals surface area contributed by atoms with Gasteiger partial charge in [0.15, 0.2) is 0 Å². The molecule has 0 saturated carbocycles. The average molecular weight is 446 g/mol. The van der Waals surface area contributed by atoms with Gasteiger partial charge < -0.3 is 15.2 Å². The summed E-state index contributed by atoms with van der Waals surface area (Å²) in [6, 6.07) is 14.8. The van der Waals surface area contributed by atoms with Gasteiger partial charge >= 0.3 is 5.97 Å². The fourth-order valence-electron chi connectivity index (χ4n) is 3.70. The van der Waals surface area contributed by atoms with Crippen molar-refractivity contribution >= 4 is 29.2 Å². The van der Waals surface area contributed by atoms with Crippen molar-refractivity contribution in [2.45, 2.75) is 13.0 Å². The van der Waals surface area contributed by atoms with Crippen LogP contribution in [0, 0.1) is 5.92 Å². The van der Waals surface area contributed by atoms with Crippen molar-refractivity contribution in [1.29, 1.82) is 0 Å². The van der Waals surface area contributed by atoms with E-state index in [1.165, 1.54) is 5.56 Å². The second-order valence-electron chi connectivity index (χ2n) is 7.73. The van der Waals surface area contributed by atoms with E-state index in [4.69, 9.17) is 16.3 Å². The summed E-state index contributed by atoms with van der Waals surface area (Å²) in [7, 11) is 1.55. The molecule has 1 aliphatic rings. The number of aliphatic carboxylic acids is 1. The summed E-state index contributed by atoms with van der Waals surface area (Å²) >= 11 is 6.06. The van der Waals surface area contributed by atoms with Crippen LogP contribution >= 0.6 is 11.6 Å². The number of ether oxygens (including phenoxy) is 1. The molecule has 0 bridgehead atoms. The number of nitrogens with one attached hydrogen (secondary N) is 1. The van der Waals surface area contributed by atoms with Crippen molar-refractivity contribution in [3.8, 4) is 5.75 Å². The SMILES string of the molecule is COc1cccc(NC(=O)C[C@@H](CN2CCN(Cc3cccc(Cl)c3)CC2)C(=O)O)c1. The van der Waals surface area contributed by atoms with Gasteiger partial charge in [-0.3, -0.25) is 19.4 Å². The van der Waals surface area contributed by atoms with Crippen LogP contribution < -0.4 is 10.1 Å². The molecule has 3 rings (SSSR count). The number of carbonyl (C=O) groups excluding carboxylic acids is 1. The van der Waals surface area contributed by atoms with Crippen LogP contribution in [0.3, 0.4) is 0 Å². The lowest BCUT2D eigenvalue weighted by Crippen LogP contribution is -2.48. The van der Waals surface area contributed by atoms with Crippen LogP contribution in [0.1, 0.15) is 12.0 Å². The molecule has 0 spiro atoms. The number of benzene rings is 2. The number of carboxylic acid groups (broad SMARTS) is 1. The van der Waals surface area contributed by atoms with Crippen molar-refractivity contribution < 1.29 is 19.4 Å². The van der Waals surface area contributed by atoms with Gasteiger partial charge in [0.25, 0.3) is 0 Å². The Morgan fingerprint density at radius 3 is 2.48 bits per heavy atom. The first-order valence-electron chi connectivity index (χ1n) is 10.3. The number of halogens is 1. The van der Waals surface area contributed by atoms with Crippen LogP contribution in [0.5, 0.6) is 5.75 Å². The zero-order valence-electron chi connectivity index (χ0n) is 17.6. The summed E-state index contributed by atoms with van der Waals surface area (Å²) in [6.07, 6.45) is -0.0741. The lowest BCUT2D eigenvalue weighted by molar-refractivity contribution is -0.144. The molecule has 166 valence electrons. The Hall–Kier alpha value is -2.61. The van der Waals surface area contributed by atoms with Crippen LogP contribution in [-0.2, 0) is 16.1 Å². The van der Waals surface area contributed by atoms with Gasteiger partial charge in [-0.15, -0.1) is 0 Å². The van der Waals surface area contributed by atoms with Gasteiger partial charge in [0.1, 0.15) is 5.75 Å². The number of carbonyl (C=O) groups is 2. The standard InChI is InChI=1S/C23H28ClN3O4/c1-31-21-7-3-6-20(14-21)25-22(28)13-18(23(29)30)16-27-10-8-26(9-11-27)15-17-4-2-5-19(24)12-17/h2-7,12,14,18H,8-11,13,15-16H2,1H3,(H,25,28)(H,29,30)/t18-/m0/s1. The number of hydrogen-bond acceptors (Lipinski definition) is 5. The highest BCUT2D eigenvalue weighted by Crippen LogP contribution is 2.19. The Kier molecular flexibility index (Phi) is 8.28. The highest BCUT2D eigenvalue weighted by molar-refractivity contribution is 6.30. The highest BCUT2D eigenvalue weighted by atomic mass is 35.5. The minimum atomic E-state index is -0.956. The molecule has 0 radical (unpaired) electrons. The summed E-state index contributed by atoms with van der Waals surface area (Å²) in [5.41, 5.74) is 1.75. The molecule has 8 heteroatoms. The molecule has 2 N–H and O–H groups in total. The normalized spacial score (nSPS) is 15.9. The molecule has 2 aromatic carbocycles. The van der Waals surface area contributed by atoms with E-state index in [9.17, 15) is 14.7 Å². The zero-order valence-corrected chi connectivity index (χ0v) is 18.3. The lowest BCUT2D eigenvalue weighted by atomic mass is 10.0. The van der Waals surface area contributed by atoms with Gasteiger partial charge in [-0.1, -0.05) is 29.8 Å². The Balaban J connectivity index is 1.47. The van der Waals surface area contributed by atoms with Crippen molar-refractivity contribution in [3.05, 3.63) is 59.1 Å². The van der Waals surface area contributed by atoms with Crippen molar-refractivity contribution in [2.24, 2.45) is 5.92 Å². The Bertz CT molecular complexity index is 900. The molecule has 1 amide bonds. The maximum absolute atomic E-state index is 12.4. The van der Waals surface area contributed by atoms with Gasteiger partial charge in [-0.2, -0.15) is 0 Å². The Morgan fingerprint density at radius 1 is 1.10 bits per heavy atom. The third kappa shape index (κ3) is 7.24. The first kappa shape index (κ1) is 23.1. The summed E-state index contributed by atoms with van der Waals surface area (Å²) in [6.45, 7) is 4.39. The Labute approximate surface area is 187 Å². The van der Waals surface area contributed by atoms with Crippen LogP contribution in [0.15, 0.2) is 48.5 Å². The van der Waals surface area contributed by atoms with Crippen molar-refractivity contribution in [2.75, 3.05) is 45.2 Å². The molecule has 7 nitrogen and oxygen atoms in total. The van der Waals surface area contributed by atoms with Crippen LogP contribution in [0.2, 0.25) is 5.02 Å². The zero-order chi connectivity index (χ0) is 22.2. The summed E-state index contributed by atoms with van der Waals surface area (Å²) in [4.78, 5) is 28.6. The molecule has 1 heterocycles. The summed E-state index contributed by atoms with van der Waals surface area (Å²) < 4.78 is 5.15. The van der Waals surface area contributed by atoms with Crippen LogP contribution in [0.25, 0.3) is 0 Å². The number of rotatable bonds is 9. The molecule has 1 fully saturated rings.